The van der Waals surface area contributed by atoms with E-state index in [0.29, 0.717) is 6.42 Å². The van der Waals surface area contributed by atoms with E-state index in [2.05, 4.69) is 5.32 Å². The van der Waals surface area contributed by atoms with Crippen LogP contribution >= 0.6 is 11.8 Å². The molecule has 1 fully saturated rings. The number of piperidine rings is 1. The summed E-state index contributed by atoms with van der Waals surface area (Å²) in [5.41, 5.74) is 0. The van der Waals surface area contributed by atoms with Gasteiger partial charge < -0.3 is 10.4 Å². The summed E-state index contributed by atoms with van der Waals surface area (Å²) in [6.45, 7) is 3.92. The van der Waals surface area contributed by atoms with E-state index in [9.17, 15) is 19.2 Å². The molecule has 0 aromatic carbocycles. The number of nitrogens with zero attached hydrogens (tertiary/aromatic N) is 1. The zero-order chi connectivity index (χ0) is 16.0. The molecule has 0 saturated carbocycles. The van der Waals surface area contributed by atoms with Gasteiger partial charge in [0.15, 0.2) is 0 Å². The van der Waals surface area contributed by atoms with Crippen LogP contribution in [0.2, 0.25) is 0 Å². The van der Waals surface area contributed by atoms with Crippen molar-refractivity contribution in [1.82, 2.24) is 10.2 Å². The molecular weight excluding hydrogens is 296 g/mol. The van der Waals surface area contributed by atoms with Crippen molar-refractivity contribution in [2.45, 2.75) is 20.3 Å². The van der Waals surface area contributed by atoms with Crippen LogP contribution in [0.4, 0.5) is 0 Å². The molecule has 3 amide bonds. The van der Waals surface area contributed by atoms with Gasteiger partial charge in [-0.15, -0.1) is 11.8 Å². The number of carbonyl (C=O) groups is 4. The van der Waals surface area contributed by atoms with Crippen LogP contribution in [0.25, 0.3) is 0 Å². The Morgan fingerprint density at radius 2 is 1.81 bits per heavy atom. The first-order valence-corrected chi connectivity index (χ1v) is 7.89. The van der Waals surface area contributed by atoms with E-state index in [4.69, 9.17) is 5.11 Å². The summed E-state index contributed by atoms with van der Waals surface area (Å²) in [6.07, 6.45) is 0.562. The van der Waals surface area contributed by atoms with Crippen LogP contribution in [-0.4, -0.2) is 58.3 Å². The normalized spacial score (nSPS) is 22.3. The predicted octanol–water partition coefficient (Wildman–Crippen LogP) is -0.0485. The Bertz CT molecular complexity index is 420. The van der Waals surface area contributed by atoms with Crippen LogP contribution in [0.15, 0.2) is 0 Å². The SMILES string of the molecule is C[C@@H]1C[C@H](C)C(=O)N(CCNC(=O)CSCC(=O)O)C1=O. The van der Waals surface area contributed by atoms with Crippen molar-refractivity contribution >= 4 is 35.5 Å². The van der Waals surface area contributed by atoms with Crippen molar-refractivity contribution in [2.75, 3.05) is 24.6 Å². The van der Waals surface area contributed by atoms with E-state index in [-0.39, 0.29) is 54.2 Å². The molecule has 21 heavy (non-hydrogen) atoms. The number of amides is 3. The molecule has 0 unspecified atom stereocenters. The minimum absolute atomic E-state index is 0.0427. The van der Waals surface area contributed by atoms with Crippen LogP contribution in [0.1, 0.15) is 20.3 Å². The third-order valence-corrected chi connectivity index (χ3v) is 4.12. The van der Waals surface area contributed by atoms with E-state index >= 15 is 0 Å². The molecule has 0 aromatic rings. The molecule has 1 aliphatic heterocycles. The second-order valence-corrected chi connectivity index (χ2v) is 6.09. The fraction of sp³-hybridized carbons (Fsp3) is 0.692. The second kappa shape index (κ2) is 8.02. The lowest BCUT2D eigenvalue weighted by molar-refractivity contribution is -0.154. The van der Waals surface area contributed by atoms with Crippen LogP contribution in [0.3, 0.4) is 0 Å². The van der Waals surface area contributed by atoms with Gasteiger partial charge in [-0.2, -0.15) is 0 Å². The first kappa shape index (κ1) is 17.5. The highest BCUT2D eigenvalue weighted by Gasteiger charge is 2.35. The molecular formula is C13H20N2O5S. The Labute approximate surface area is 127 Å². The molecule has 0 aliphatic carbocycles. The Morgan fingerprint density at radius 1 is 1.24 bits per heavy atom. The minimum Gasteiger partial charge on any atom is -0.481 e. The Morgan fingerprint density at radius 3 is 2.33 bits per heavy atom. The number of imide groups is 1. The zero-order valence-corrected chi connectivity index (χ0v) is 12.9. The second-order valence-electron chi connectivity index (χ2n) is 5.10. The number of likely N-dealkylation sites (tertiary alicyclic amines) is 1. The molecule has 2 atom stereocenters. The summed E-state index contributed by atoms with van der Waals surface area (Å²) in [6, 6.07) is 0. The first-order chi connectivity index (χ1) is 9.82. The van der Waals surface area contributed by atoms with Crippen LogP contribution in [0, 0.1) is 11.8 Å². The van der Waals surface area contributed by atoms with Crippen molar-refractivity contribution in [3.8, 4) is 0 Å². The van der Waals surface area contributed by atoms with Gasteiger partial charge in [0.2, 0.25) is 17.7 Å². The van der Waals surface area contributed by atoms with E-state index in [1.54, 1.807) is 13.8 Å². The Kier molecular flexibility index (Phi) is 6.67. The monoisotopic (exact) mass is 316 g/mol. The highest BCUT2D eigenvalue weighted by atomic mass is 32.2. The fourth-order valence-electron chi connectivity index (χ4n) is 2.18. The summed E-state index contributed by atoms with van der Waals surface area (Å²) in [7, 11) is 0. The molecule has 1 aliphatic rings. The summed E-state index contributed by atoms with van der Waals surface area (Å²) >= 11 is 0.998. The number of carboxylic acids is 1. The van der Waals surface area contributed by atoms with Gasteiger partial charge in [0.1, 0.15) is 0 Å². The Balaban J connectivity index is 2.33. The smallest absolute Gasteiger partial charge is 0.313 e. The number of hydrogen-bond donors (Lipinski definition) is 2. The number of carbonyl (C=O) groups excluding carboxylic acids is 3. The van der Waals surface area contributed by atoms with Gasteiger partial charge >= 0.3 is 5.97 Å². The third kappa shape index (κ3) is 5.37. The van der Waals surface area contributed by atoms with Crippen LogP contribution < -0.4 is 5.32 Å². The molecule has 0 aromatic heterocycles. The maximum Gasteiger partial charge on any atom is 0.313 e. The number of hydrogen-bond acceptors (Lipinski definition) is 5. The van der Waals surface area contributed by atoms with Crippen LogP contribution in [-0.2, 0) is 19.2 Å². The quantitative estimate of drug-likeness (QED) is 0.638. The topological polar surface area (TPSA) is 104 Å². The molecule has 0 radical (unpaired) electrons. The number of rotatable bonds is 7. The summed E-state index contributed by atoms with van der Waals surface area (Å²) < 4.78 is 0. The standard InChI is InChI=1S/C13H20N2O5S/c1-8-5-9(2)13(20)15(12(8)19)4-3-14-10(16)6-21-7-11(17)18/h8-9H,3-7H2,1-2H3,(H,14,16)(H,17,18)/t8-,9+. The van der Waals surface area contributed by atoms with E-state index < -0.39 is 5.97 Å². The number of thioether (sulfide) groups is 1. The van der Waals surface area contributed by atoms with Gasteiger partial charge in [-0.3, -0.25) is 24.1 Å². The van der Waals surface area contributed by atoms with E-state index in [1.165, 1.54) is 4.90 Å². The predicted molar refractivity (Wildman–Crippen MR) is 77.6 cm³/mol. The van der Waals surface area contributed by atoms with Gasteiger partial charge in [0.25, 0.3) is 0 Å². The van der Waals surface area contributed by atoms with Crippen molar-refractivity contribution < 1.29 is 24.3 Å². The van der Waals surface area contributed by atoms with Gasteiger partial charge in [0, 0.05) is 24.9 Å². The molecule has 2 N–H and O–H groups in total. The highest BCUT2D eigenvalue weighted by Crippen LogP contribution is 2.23. The van der Waals surface area contributed by atoms with Crippen LogP contribution in [0.5, 0.6) is 0 Å². The highest BCUT2D eigenvalue weighted by molar-refractivity contribution is 8.00. The molecule has 1 heterocycles. The number of nitrogens with one attached hydrogen (secondary N) is 1. The van der Waals surface area contributed by atoms with Gasteiger partial charge in [0.05, 0.1) is 11.5 Å². The zero-order valence-electron chi connectivity index (χ0n) is 12.1. The number of carboxylic acid groups (broad SMARTS) is 1. The molecule has 8 heteroatoms. The van der Waals surface area contributed by atoms with Crippen molar-refractivity contribution in [3.63, 3.8) is 0 Å². The minimum atomic E-state index is -0.972. The Hall–Kier alpha value is -1.57. The van der Waals surface area contributed by atoms with Gasteiger partial charge in [-0.05, 0) is 6.42 Å². The molecule has 0 spiro atoms. The first-order valence-electron chi connectivity index (χ1n) is 6.74. The van der Waals surface area contributed by atoms with Crippen molar-refractivity contribution in [2.24, 2.45) is 11.8 Å². The average molecular weight is 316 g/mol. The van der Waals surface area contributed by atoms with Gasteiger partial charge in [-0.1, -0.05) is 13.8 Å². The van der Waals surface area contributed by atoms with Crippen molar-refractivity contribution in [1.29, 1.82) is 0 Å². The maximum atomic E-state index is 11.9. The molecule has 1 rings (SSSR count). The van der Waals surface area contributed by atoms with Crippen molar-refractivity contribution in [3.05, 3.63) is 0 Å². The molecule has 7 nitrogen and oxygen atoms in total. The lowest BCUT2D eigenvalue weighted by Gasteiger charge is -2.32. The fourth-order valence-corrected chi connectivity index (χ4v) is 2.75. The van der Waals surface area contributed by atoms with E-state index in [1.807, 2.05) is 0 Å². The number of aliphatic carboxylic acids is 1. The largest absolute Gasteiger partial charge is 0.481 e. The lowest BCUT2D eigenvalue weighted by atomic mass is 9.90. The average Bonchev–Trinajstić information content (AvgIpc) is 2.40. The molecule has 1 saturated heterocycles. The maximum absolute atomic E-state index is 11.9. The molecule has 118 valence electrons. The summed E-state index contributed by atoms with van der Waals surface area (Å²) in [5, 5.41) is 11.0. The summed E-state index contributed by atoms with van der Waals surface area (Å²) in [4.78, 5) is 46.8. The lowest BCUT2D eigenvalue weighted by Crippen LogP contribution is -2.50. The molecule has 0 bridgehead atoms. The third-order valence-electron chi connectivity index (χ3n) is 3.20. The summed E-state index contributed by atoms with van der Waals surface area (Å²) in [5.74, 6) is -2.13. The van der Waals surface area contributed by atoms with E-state index in [0.717, 1.165) is 11.8 Å². The van der Waals surface area contributed by atoms with Gasteiger partial charge in [-0.25, -0.2) is 0 Å².